The predicted molar refractivity (Wildman–Crippen MR) is 49.5 cm³/mol. The van der Waals surface area contributed by atoms with Crippen molar-refractivity contribution in [1.82, 2.24) is 0 Å². The summed E-state index contributed by atoms with van der Waals surface area (Å²) in [5.74, 6) is -1.71. The molecule has 0 spiro atoms. The number of hydrogen-bond donors (Lipinski definition) is 1. The third-order valence-electron chi connectivity index (χ3n) is 1.85. The van der Waals surface area contributed by atoms with E-state index in [0.717, 1.165) is 24.3 Å². The molecule has 1 N–H and O–H groups in total. The Morgan fingerprint density at radius 2 is 1.82 bits per heavy atom. The maximum atomic E-state index is 12.6. The van der Waals surface area contributed by atoms with Gasteiger partial charge in [-0.2, -0.15) is 13.2 Å². The third kappa shape index (κ3) is 3.93. The van der Waals surface area contributed by atoms with E-state index in [9.17, 15) is 22.4 Å². The highest BCUT2D eigenvalue weighted by atomic mass is 19.4. The molecule has 94 valence electrons. The Labute approximate surface area is 93.6 Å². The van der Waals surface area contributed by atoms with Gasteiger partial charge in [0.25, 0.3) is 0 Å². The molecule has 7 heteroatoms. The Kier molecular flexibility index (Phi) is 3.93. The molecule has 0 aromatic heterocycles. The van der Waals surface area contributed by atoms with E-state index >= 15 is 0 Å². The Morgan fingerprint density at radius 1 is 1.29 bits per heavy atom. The summed E-state index contributed by atoms with van der Waals surface area (Å²) in [6, 6.07) is 3.53. The molecule has 0 aliphatic carbocycles. The first-order valence-electron chi connectivity index (χ1n) is 4.47. The van der Waals surface area contributed by atoms with Crippen molar-refractivity contribution in [3.8, 4) is 5.75 Å². The average molecular weight is 252 g/mol. The maximum absolute atomic E-state index is 12.6. The number of ether oxygens (including phenoxy) is 1. The first-order chi connectivity index (χ1) is 7.80. The van der Waals surface area contributed by atoms with E-state index in [2.05, 4.69) is 4.74 Å². The lowest BCUT2D eigenvalue weighted by molar-refractivity contribution is -0.143. The SMILES string of the molecule is O=C(O)C(F)COc1ccc(C(F)(F)F)cc1. The second kappa shape index (κ2) is 5.03. The summed E-state index contributed by atoms with van der Waals surface area (Å²) in [6.07, 6.45) is -6.67. The number of alkyl halides is 4. The second-order valence-electron chi connectivity index (χ2n) is 3.14. The van der Waals surface area contributed by atoms with E-state index in [1.807, 2.05) is 0 Å². The highest BCUT2D eigenvalue weighted by Gasteiger charge is 2.30. The van der Waals surface area contributed by atoms with Crippen LogP contribution in [0, 0.1) is 0 Å². The van der Waals surface area contributed by atoms with Crippen LogP contribution in [0.1, 0.15) is 5.56 Å². The molecule has 1 unspecified atom stereocenters. The fourth-order valence-electron chi connectivity index (χ4n) is 0.981. The van der Waals surface area contributed by atoms with Crippen LogP contribution in [-0.2, 0) is 11.0 Å². The number of carboxylic acid groups (broad SMARTS) is 1. The summed E-state index contributed by atoms with van der Waals surface area (Å²) in [5, 5.41) is 8.21. The molecule has 0 bridgehead atoms. The number of rotatable bonds is 4. The molecule has 0 fully saturated rings. The van der Waals surface area contributed by atoms with Crippen LogP contribution >= 0.6 is 0 Å². The number of benzene rings is 1. The van der Waals surface area contributed by atoms with Crippen LogP contribution in [-0.4, -0.2) is 23.9 Å². The Balaban J connectivity index is 2.60. The zero-order valence-electron chi connectivity index (χ0n) is 8.37. The molecule has 1 atom stereocenters. The van der Waals surface area contributed by atoms with E-state index in [0.29, 0.717) is 0 Å². The number of carboxylic acids is 1. The molecule has 3 nitrogen and oxygen atoms in total. The molecule has 0 aliphatic rings. The first-order valence-corrected chi connectivity index (χ1v) is 4.47. The van der Waals surface area contributed by atoms with E-state index in [1.54, 1.807) is 0 Å². The Hall–Kier alpha value is -1.79. The van der Waals surface area contributed by atoms with Crippen LogP contribution in [0.15, 0.2) is 24.3 Å². The number of carbonyl (C=O) groups is 1. The second-order valence-corrected chi connectivity index (χ2v) is 3.14. The van der Waals surface area contributed by atoms with E-state index in [-0.39, 0.29) is 5.75 Å². The lowest BCUT2D eigenvalue weighted by Crippen LogP contribution is -2.22. The molecule has 0 aliphatic heterocycles. The predicted octanol–water partition coefficient (Wildman–Crippen LogP) is 2.51. The Bertz CT molecular complexity index is 386. The van der Waals surface area contributed by atoms with Gasteiger partial charge in [0.1, 0.15) is 12.4 Å². The van der Waals surface area contributed by atoms with Gasteiger partial charge in [0.05, 0.1) is 5.56 Å². The molecule has 0 amide bonds. The summed E-state index contributed by atoms with van der Waals surface area (Å²) in [5.41, 5.74) is -0.861. The van der Waals surface area contributed by atoms with Crippen LogP contribution in [0.4, 0.5) is 17.6 Å². The van der Waals surface area contributed by atoms with Crippen LogP contribution in [0.3, 0.4) is 0 Å². The largest absolute Gasteiger partial charge is 0.490 e. The monoisotopic (exact) mass is 252 g/mol. The molecule has 1 aromatic rings. The smallest absolute Gasteiger partial charge is 0.416 e. The highest BCUT2D eigenvalue weighted by Crippen LogP contribution is 2.30. The van der Waals surface area contributed by atoms with Gasteiger partial charge in [-0.25, -0.2) is 9.18 Å². The van der Waals surface area contributed by atoms with Gasteiger partial charge < -0.3 is 9.84 Å². The molecule has 1 rings (SSSR count). The number of halogens is 4. The lowest BCUT2D eigenvalue weighted by Gasteiger charge is -2.09. The van der Waals surface area contributed by atoms with Crippen molar-refractivity contribution in [3.05, 3.63) is 29.8 Å². The number of aliphatic carboxylic acids is 1. The van der Waals surface area contributed by atoms with Gasteiger partial charge in [-0.3, -0.25) is 0 Å². The molecule has 0 saturated heterocycles. The van der Waals surface area contributed by atoms with E-state index in [1.165, 1.54) is 0 Å². The molecule has 0 heterocycles. The number of hydrogen-bond acceptors (Lipinski definition) is 2. The molecule has 17 heavy (non-hydrogen) atoms. The minimum atomic E-state index is -4.46. The minimum Gasteiger partial charge on any atom is -0.490 e. The van der Waals surface area contributed by atoms with Crippen LogP contribution in [0.5, 0.6) is 5.75 Å². The fourth-order valence-corrected chi connectivity index (χ4v) is 0.981. The average Bonchev–Trinajstić information content (AvgIpc) is 2.25. The summed E-state index contributed by atoms with van der Waals surface area (Å²) >= 11 is 0. The summed E-state index contributed by atoms with van der Waals surface area (Å²) in [4.78, 5) is 10.1. The van der Waals surface area contributed by atoms with Gasteiger partial charge in [-0.15, -0.1) is 0 Å². The summed E-state index contributed by atoms with van der Waals surface area (Å²) in [6.45, 7) is -0.749. The molecular weight excluding hydrogens is 244 g/mol. The van der Waals surface area contributed by atoms with Gasteiger partial charge in [0, 0.05) is 0 Å². The van der Waals surface area contributed by atoms with Crippen LogP contribution in [0.25, 0.3) is 0 Å². The molecule has 1 aromatic carbocycles. The lowest BCUT2D eigenvalue weighted by atomic mass is 10.2. The summed E-state index contributed by atoms with van der Waals surface area (Å²) in [7, 11) is 0. The van der Waals surface area contributed by atoms with Crippen molar-refractivity contribution < 1.29 is 32.2 Å². The summed E-state index contributed by atoms with van der Waals surface area (Å²) < 4.78 is 53.7. The van der Waals surface area contributed by atoms with Crippen molar-refractivity contribution in [2.75, 3.05) is 6.61 Å². The van der Waals surface area contributed by atoms with Crippen molar-refractivity contribution in [3.63, 3.8) is 0 Å². The van der Waals surface area contributed by atoms with Crippen molar-refractivity contribution >= 4 is 5.97 Å². The third-order valence-corrected chi connectivity index (χ3v) is 1.85. The van der Waals surface area contributed by atoms with Crippen molar-refractivity contribution in [2.45, 2.75) is 12.3 Å². The van der Waals surface area contributed by atoms with Crippen LogP contribution < -0.4 is 4.74 Å². The quantitative estimate of drug-likeness (QED) is 0.837. The zero-order valence-corrected chi connectivity index (χ0v) is 8.37. The Morgan fingerprint density at radius 3 is 2.24 bits per heavy atom. The highest BCUT2D eigenvalue weighted by molar-refractivity contribution is 5.72. The molecular formula is C10H8F4O3. The van der Waals surface area contributed by atoms with Gasteiger partial charge >= 0.3 is 12.1 Å². The first kappa shape index (κ1) is 13.3. The minimum absolute atomic E-state index is 0.0260. The van der Waals surface area contributed by atoms with Crippen LogP contribution in [0.2, 0.25) is 0 Å². The van der Waals surface area contributed by atoms with Crippen molar-refractivity contribution in [2.24, 2.45) is 0 Å². The van der Waals surface area contributed by atoms with Gasteiger partial charge in [-0.05, 0) is 24.3 Å². The van der Waals surface area contributed by atoms with E-state index in [4.69, 9.17) is 5.11 Å². The van der Waals surface area contributed by atoms with Gasteiger partial charge in [0.15, 0.2) is 0 Å². The van der Waals surface area contributed by atoms with E-state index < -0.39 is 30.5 Å². The fraction of sp³-hybridized carbons (Fsp3) is 0.300. The standard InChI is InChI=1S/C10H8F4O3/c11-8(9(15)16)5-17-7-3-1-6(2-4-7)10(12,13)14/h1-4,8H,5H2,(H,15,16). The van der Waals surface area contributed by atoms with Crippen molar-refractivity contribution in [1.29, 1.82) is 0 Å². The zero-order chi connectivity index (χ0) is 13.1. The van der Waals surface area contributed by atoms with Gasteiger partial charge in [0.2, 0.25) is 6.17 Å². The topological polar surface area (TPSA) is 46.5 Å². The normalized spacial score (nSPS) is 13.2. The van der Waals surface area contributed by atoms with Gasteiger partial charge in [-0.1, -0.05) is 0 Å². The molecule has 0 radical (unpaired) electrons. The maximum Gasteiger partial charge on any atom is 0.416 e. The molecule has 0 saturated carbocycles.